The molecule has 1 aromatic rings. The number of hydrogen-bond acceptors (Lipinski definition) is 4. The molecule has 0 saturated heterocycles. The maximum atomic E-state index is 12.0. The number of aliphatic hydroxyl groups is 1. The van der Waals surface area contributed by atoms with Crippen molar-refractivity contribution in [1.82, 2.24) is 4.72 Å². The highest BCUT2D eigenvalue weighted by molar-refractivity contribution is 7.89. The van der Waals surface area contributed by atoms with E-state index >= 15 is 0 Å². The minimum absolute atomic E-state index is 0.0832. The van der Waals surface area contributed by atoms with Crippen molar-refractivity contribution in [2.24, 2.45) is 0 Å². The highest BCUT2D eigenvalue weighted by Gasteiger charge is 2.16. The number of sulfonamides is 1. The van der Waals surface area contributed by atoms with Crippen LogP contribution in [0.15, 0.2) is 23.1 Å². The van der Waals surface area contributed by atoms with E-state index in [2.05, 4.69) is 4.72 Å². The number of benzene rings is 1. The summed E-state index contributed by atoms with van der Waals surface area (Å²) in [6.45, 7) is 2.17. The van der Waals surface area contributed by atoms with Gasteiger partial charge in [-0.15, -0.1) is 0 Å². The molecule has 0 amide bonds. The number of ether oxygens (including phenoxy) is 1. The summed E-state index contributed by atoms with van der Waals surface area (Å²) in [6.07, 6.45) is 0. The summed E-state index contributed by atoms with van der Waals surface area (Å²) in [5.74, 6) is 0. The van der Waals surface area contributed by atoms with Crippen molar-refractivity contribution < 1.29 is 18.3 Å². The Kier molecular flexibility index (Phi) is 6.04. The number of nitrogens with one attached hydrogen (secondary N) is 1. The summed E-state index contributed by atoms with van der Waals surface area (Å²) < 4.78 is 31.3. The first-order valence-corrected chi connectivity index (χ1v) is 7.28. The number of hydrogen-bond donors (Lipinski definition) is 2. The molecule has 0 heterocycles. The second-order valence-corrected chi connectivity index (χ2v) is 5.82. The van der Waals surface area contributed by atoms with Crippen LogP contribution < -0.4 is 4.72 Å². The van der Waals surface area contributed by atoms with E-state index in [9.17, 15) is 8.42 Å². The Labute approximate surface area is 112 Å². The first-order valence-electron chi connectivity index (χ1n) is 5.42. The zero-order valence-corrected chi connectivity index (χ0v) is 11.6. The molecule has 0 aliphatic rings. The molecule has 1 aromatic carbocycles. The summed E-state index contributed by atoms with van der Waals surface area (Å²) in [7, 11) is -3.58. The first-order chi connectivity index (χ1) is 8.47. The standard InChI is InChI=1S/C11H16ClNO4S/c1-9-2-3-10(12)8-11(9)18(15,16)13-4-6-17-7-5-14/h2-3,8,13-14H,4-7H2,1H3. The molecular formula is C11H16ClNO4S. The van der Waals surface area contributed by atoms with Crippen molar-refractivity contribution in [2.45, 2.75) is 11.8 Å². The molecule has 0 atom stereocenters. The number of halogens is 1. The molecule has 0 aromatic heterocycles. The van der Waals surface area contributed by atoms with Crippen molar-refractivity contribution in [2.75, 3.05) is 26.4 Å². The van der Waals surface area contributed by atoms with Gasteiger partial charge in [0.2, 0.25) is 10.0 Å². The van der Waals surface area contributed by atoms with Crippen LogP contribution in [-0.2, 0) is 14.8 Å². The molecular weight excluding hydrogens is 278 g/mol. The third kappa shape index (κ3) is 4.55. The van der Waals surface area contributed by atoms with Crippen LogP contribution in [0.5, 0.6) is 0 Å². The summed E-state index contributed by atoms with van der Waals surface area (Å²) in [5, 5.41) is 8.86. The van der Waals surface area contributed by atoms with Gasteiger partial charge in [-0.3, -0.25) is 0 Å². The van der Waals surface area contributed by atoms with Crippen LogP contribution in [0.25, 0.3) is 0 Å². The molecule has 0 aliphatic heterocycles. The Morgan fingerprint density at radius 2 is 2.11 bits per heavy atom. The lowest BCUT2D eigenvalue weighted by Gasteiger charge is -2.09. The Morgan fingerprint density at radius 3 is 2.78 bits per heavy atom. The van der Waals surface area contributed by atoms with E-state index in [1.54, 1.807) is 19.1 Å². The van der Waals surface area contributed by atoms with E-state index in [1.165, 1.54) is 6.07 Å². The molecule has 2 N–H and O–H groups in total. The van der Waals surface area contributed by atoms with Crippen molar-refractivity contribution in [3.63, 3.8) is 0 Å². The van der Waals surface area contributed by atoms with E-state index in [-0.39, 0.29) is 31.3 Å². The van der Waals surface area contributed by atoms with Gasteiger partial charge in [0.25, 0.3) is 0 Å². The molecule has 0 unspecified atom stereocenters. The lowest BCUT2D eigenvalue weighted by molar-refractivity contribution is 0.0961. The second-order valence-electron chi connectivity index (χ2n) is 3.64. The molecule has 0 aliphatic carbocycles. The zero-order chi connectivity index (χ0) is 13.6. The number of rotatable bonds is 7. The van der Waals surface area contributed by atoms with Crippen LogP contribution in [0.1, 0.15) is 5.56 Å². The first kappa shape index (κ1) is 15.4. The van der Waals surface area contributed by atoms with Crippen LogP contribution >= 0.6 is 11.6 Å². The Bertz CT molecular complexity index is 490. The smallest absolute Gasteiger partial charge is 0.240 e. The van der Waals surface area contributed by atoms with Gasteiger partial charge in [-0.05, 0) is 24.6 Å². The fraction of sp³-hybridized carbons (Fsp3) is 0.455. The van der Waals surface area contributed by atoms with E-state index in [0.29, 0.717) is 10.6 Å². The van der Waals surface area contributed by atoms with Crippen LogP contribution in [0.2, 0.25) is 5.02 Å². The summed E-state index contributed by atoms with van der Waals surface area (Å²) in [5.41, 5.74) is 0.628. The predicted molar refractivity (Wildman–Crippen MR) is 69.3 cm³/mol. The lowest BCUT2D eigenvalue weighted by atomic mass is 10.2. The summed E-state index contributed by atoms with van der Waals surface area (Å²) in [6, 6.07) is 4.70. The fourth-order valence-corrected chi connectivity index (χ4v) is 2.87. The van der Waals surface area contributed by atoms with Gasteiger partial charge in [0.05, 0.1) is 24.7 Å². The van der Waals surface area contributed by atoms with E-state index in [0.717, 1.165) is 0 Å². The summed E-state index contributed by atoms with van der Waals surface area (Å²) >= 11 is 5.78. The normalized spacial score (nSPS) is 11.7. The van der Waals surface area contributed by atoms with Crippen molar-refractivity contribution in [3.05, 3.63) is 28.8 Å². The molecule has 18 heavy (non-hydrogen) atoms. The average Bonchev–Trinajstić information content (AvgIpc) is 2.32. The van der Waals surface area contributed by atoms with Gasteiger partial charge in [0, 0.05) is 11.6 Å². The van der Waals surface area contributed by atoms with Gasteiger partial charge in [0.1, 0.15) is 0 Å². The van der Waals surface area contributed by atoms with Gasteiger partial charge in [-0.25, -0.2) is 13.1 Å². The fourth-order valence-electron chi connectivity index (χ4n) is 1.36. The molecule has 5 nitrogen and oxygen atoms in total. The van der Waals surface area contributed by atoms with E-state index in [4.69, 9.17) is 21.4 Å². The zero-order valence-electron chi connectivity index (χ0n) is 10.0. The number of aryl methyl sites for hydroxylation is 1. The molecule has 1 rings (SSSR count). The third-order valence-corrected chi connectivity index (χ3v) is 4.05. The van der Waals surface area contributed by atoms with Gasteiger partial charge in [-0.2, -0.15) is 0 Å². The highest BCUT2D eigenvalue weighted by atomic mass is 35.5. The van der Waals surface area contributed by atoms with Gasteiger partial charge >= 0.3 is 0 Å². The molecule has 0 fully saturated rings. The van der Waals surface area contributed by atoms with E-state index in [1.807, 2.05) is 0 Å². The van der Waals surface area contributed by atoms with Gasteiger partial charge < -0.3 is 9.84 Å². The third-order valence-electron chi connectivity index (χ3n) is 2.21. The van der Waals surface area contributed by atoms with Crippen LogP contribution in [0.3, 0.4) is 0 Å². The molecule has 0 spiro atoms. The molecule has 7 heteroatoms. The quantitative estimate of drug-likeness (QED) is 0.734. The topological polar surface area (TPSA) is 75.6 Å². The van der Waals surface area contributed by atoms with Crippen LogP contribution in [0.4, 0.5) is 0 Å². The van der Waals surface area contributed by atoms with Crippen LogP contribution in [0, 0.1) is 6.92 Å². The SMILES string of the molecule is Cc1ccc(Cl)cc1S(=O)(=O)NCCOCCO. The van der Waals surface area contributed by atoms with Crippen LogP contribution in [-0.4, -0.2) is 39.9 Å². The minimum atomic E-state index is -3.58. The second kappa shape index (κ2) is 7.06. The molecule has 102 valence electrons. The maximum absolute atomic E-state index is 12.0. The minimum Gasteiger partial charge on any atom is -0.394 e. The van der Waals surface area contributed by atoms with Crippen molar-refractivity contribution >= 4 is 21.6 Å². The van der Waals surface area contributed by atoms with Gasteiger partial charge in [-0.1, -0.05) is 17.7 Å². The average molecular weight is 294 g/mol. The lowest BCUT2D eigenvalue weighted by Crippen LogP contribution is -2.28. The van der Waals surface area contributed by atoms with Crippen molar-refractivity contribution in [3.8, 4) is 0 Å². The monoisotopic (exact) mass is 293 g/mol. The predicted octanol–water partition coefficient (Wildman–Crippen LogP) is 0.936. The summed E-state index contributed by atoms with van der Waals surface area (Å²) in [4.78, 5) is 0.164. The molecule has 0 bridgehead atoms. The van der Waals surface area contributed by atoms with E-state index < -0.39 is 10.0 Å². The Hall–Kier alpha value is -0.660. The Balaban J connectivity index is 2.66. The van der Waals surface area contributed by atoms with Crippen molar-refractivity contribution in [1.29, 1.82) is 0 Å². The largest absolute Gasteiger partial charge is 0.394 e. The maximum Gasteiger partial charge on any atom is 0.240 e. The Morgan fingerprint density at radius 1 is 1.39 bits per heavy atom. The highest BCUT2D eigenvalue weighted by Crippen LogP contribution is 2.19. The molecule has 0 radical (unpaired) electrons. The number of aliphatic hydroxyl groups excluding tert-OH is 1. The molecule has 0 saturated carbocycles. The van der Waals surface area contributed by atoms with Gasteiger partial charge in [0.15, 0.2) is 0 Å².